The Morgan fingerprint density at radius 1 is 1.12 bits per heavy atom. The molecule has 43 heavy (non-hydrogen) atoms. The topological polar surface area (TPSA) is 98.2 Å². The van der Waals surface area contributed by atoms with E-state index >= 15 is 0 Å². The molecule has 1 amide bonds. The molecular weight excluding hydrogens is 564 g/mol. The molecule has 1 aromatic heterocycles. The van der Waals surface area contributed by atoms with E-state index in [9.17, 15) is 14.7 Å². The van der Waals surface area contributed by atoms with Gasteiger partial charge in [-0.25, -0.2) is 4.98 Å². The number of fused-ring (bicyclic) bond motifs is 2. The van der Waals surface area contributed by atoms with Crippen LogP contribution >= 0.6 is 11.3 Å². The number of aromatic nitrogens is 1. The van der Waals surface area contributed by atoms with Crippen molar-refractivity contribution in [2.45, 2.75) is 52.7 Å². The third-order valence-corrected chi connectivity index (χ3v) is 8.83. The maximum absolute atomic E-state index is 13.8. The van der Waals surface area contributed by atoms with E-state index in [1.54, 1.807) is 37.4 Å². The van der Waals surface area contributed by atoms with E-state index < -0.39 is 17.7 Å². The fraction of sp³-hybridized carbons (Fsp3) is 0.324. The number of methoxy groups -OCH3 is 1. The lowest BCUT2D eigenvalue weighted by Gasteiger charge is -2.24. The molecule has 2 aliphatic heterocycles. The van der Waals surface area contributed by atoms with Crippen LogP contribution in [0.3, 0.4) is 0 Å². The molecule has 1 saturated heterocycles. The monoisotopic (exact) mass is 598 g/mol. The number of benzene rings is 3. The van der Waals surface area contributed by atoms with Gasteiger partial charge < -0.3 is 19.3 Å². The van der Waals surface area contributed by atoms with E-state index in [1.165, 1.54) is 16.2 Å². The molecule has 2 aliphatic rings. The van der Waals surface area contributed by atoms with Gasteiger partial charge in [-0.3, -0.25) is 14.5 Å². The summed E-state index contributed by atoms with van der Waals surface area (Å²) in [7, 11) is 1.55. The summed E-state index contributed by atoms with van der Waals surface area (Å²) in [6.45, 7) is 8.76. The van der Waals surface area contributed by atoms with Crippen LogP contribution in [-0.4, -0.2) is 41.6 Å². The lowest BCUT2D eigenvalue weighted by molar-refractivity contribution is -0.132. The van der Waals surface area contributed by atoms with Crippen LogP contribution < -0.4 is 19.1 Å². The summed E-state index contributed by atoms with van der Waals surface area (Å²) < 4.78 is 18.4. The first-order valence-electron chi connectivity index (χ1n) is 14.4. The van der Waals surface area contributed by atoms with Crippen molar-refractivity contribution < 1.29 is 28.9 Å². The Morgan fingerprint density at radius 3 is 2.70 bits per heavy atom. The lowest BCUT2D eigenvalue weighted by Crippen LogP contribution is -2.29. The van der Waals surface area contributed by atoms with Crippen LogP contribution in [0, 0.1) is 12.8 Å². The summed E-state index contributed by atoms with van der Waals surface area (Å²) in [4.78, 5) is 33.6. The van der Waals surface area contributed by atoms with Gasteiger partial charge in [0.1, 0.15) is 17.6 Å². The molecule has 2 atom stereocenters. The van der Waals surface area contributed by atoms with Crippen LogP contribution in [0.2, 0.25) is 0 Å². The molecule has 0 bridgehead atoms. The molecule has 0 unspecified atom stereocenters. The van der Waals surface area contributed by atoms with Gasteiger partial charge in [-0.1, -0.05) is 37.3 Å². The number of ketones is 1. The van der Waals surface area contributed by atoms with Crippen LogP contribution in [0.15, 0.2) is 60.2 Å². The maximum Gasteiger partial charge on any atom is 0.301 e. The first kappa shape index (κ1) is 28.7. The lowest BCUT2D eigenvalue weighted by atomic mass is 9.94. The Kier molecular flexibility index (Phi) is 7.60. The Hall–Kier alpha value is -4.37. The van der Waals surface area contributed by atoms with Crippen LogP contribution in [0.1, 0.15) is 55.5 Å². The van der Waals surface area contributed by atoms with Crippen molar-refractivity contribution in [2.24, 2.45) is 5.92 Å². The third-order valence-electron chi connectivity index (χ3n) is 7.81. The molecule has 8 nitrogen and oxygen atoms in total. The zero-order valence-electron chi connectivity index (χ0n) is 24.8. The van der Waals surface area contributed by atoms with Crippen molar-refractivity contribution in [3.05, 3.63) is 82.4 Å². The zero-order valence-corrected chi connectivity index (χ0v) is 25.7. The highest BCUT2D eigenvalue weighted by molar-refractivity contribution is 7.22. The van der Waals surface area contributed by atoms with Crippen LogP contribution in [0.4, 0.5) is 5.13 Å². The molecule has 0 saturated carbocycles. The molecule has 3 aromatic carbocycles. The van der Waals surface area contributed by atoms with Crippen molar-refractivity contribution in [1.82, 2.24) is 4.98 Å². The highest BCUT2D eigenvalue weighted by Crippen LogP contribution is 2.46. The molecule has 0 spiro atoms. The van der Waals surface area contributed by atoms with Gasteiger partial charge in [0.2, 0.25) is 0 Å². The highest BCUT2D eigenvalue weighted by Gasteiger charge is 2.48. The van der Waals surface area contributed by atoms with E-state index in [0.29, 0.717) is 46.7 Å². The van der Waals surface area contributed by atoms with Gasteiger partial charge in [0.25, 0.3) is 5.78 Å². The number of thiazole rings is 1. The minimum absolute atomic E-state index is 0.0112. The van der Waals surface area contributed by atoms with Crippen LogP contribution in [0.5, 0.6) is 17.2 Å². The Bertz CT molecular complexity index is 1770. The minimum atomic E-state index is -0.941. The molecule has 1 N–H and O–H groups in total. The standard InChI is InChI=1S/C34H34N2O6S/c1-18(2)12-13-41-26-11-7-21(17-27(26)40-5)30-29(31(37)22-8-10-25-23(16-22)15-20(4)42-25)32(38)33(39)36(30)34-35-24-9-6-19(3)14-28(24)43-34/h6-11,14,16-18,20,30,37H,12-13,15H2,1-5H3/b31-29+/t20-,30+/m1/s1. The summed E-state index contributed by atoms with van der Waals surface area (Å²) in [6, 6.07) is 15.6. The molecule has 222 valence electrons. The van der Waals surface area contributed by atoms with Gasteiger partial charge in [0.05, 0.1) is 35.5 Å². The van der Waals surface area contributed by atoms with Gasteiger partial charge in [0, 0.05) is 12.0 Å². The zero-order chi connectivity index (χ0) is 30.4. The maximum atomic E-state index is 13.8. The number of hydrogen-bond acceptors (Lipinski definition) is 8. The minimum Gasteiger partial charge on any atom is -0.507 e. The number of hydrogen-bond donors (Lipinski definition) is 1. The van der Waals surface area contributed by atoms with Crippen molar-refractivity contribution in [2.75, 3.05) is 18.6 Å². The van der Waals surface area contributed by atoms with Gasteiger partial charge >= 0.3 is 5.91 Å². The molecule has 1 fully saturated rings. The van der Waals surface area contributed by atoms with E-state index in [1.807, 2.05) is 38.1 Å². The number of nitrogens with zero attached hydrogens (tertiary/aromatic N) is 2. The molecule has 6 rings (SSSR count). The average Bonchev–Trinajstić information content (AvgIpc) is 3.64. The average molecular weight is 599 g/mol. The van der Waals surface area contributed by atoms with Gasteiger partial charge in [-0.2, -0.15) is 0 Å². The number of rotatable bonds is 8. The SMILES string of the molecule is COc1cc([C@H]2/C(=C(\O)c3ccc4c(c3)C[C@@H](C)O4)C(=O)C(=O)N2c2nc3ccc(C)cc3s2)ccc1OCCC(C)C. The predicted octanol–water partition coefficient (Wildman–Crippen LogP) is 6.99. The second-order valence-corrected chi connectivity index (χ2v) is 12.5. The number of carbonyl (C=O) groups excluding carboxylic acids is 2. The first-order chi connectivity index (χ1) is 20.6. The van der Waals surface area contributed by atoms with Crippen molar-refractivity contribution in [3.63, 3.8) is 0 Å². The second kappa shape index (κ2) is 11.4. The van der Waals surface area contributed by atoms with E-state index in [0.717, 1.165) is 33.5 Å². The second-order valence-electron chi connectivity index (χ2n) is 11.5. The highest BCUT2D eigenvalue weighted by atomic mass is 32.1. The Morgan fingerprint density at radius 2 is 1.93 bits per heavy atom. The molecule has 3 heterocycles. The van der Waals surface area contributed by atoms with Crippen molar-refractivity contribution >= 4 is 44.1 Å². The Balaban J connectivity index is 1.49. The summed E-state index contributed by atoms with van der Waals surface area (Å²) in [5, 5.41) is 12.1. The van der Waals surface area contributed by atoms with Gasteiger partial charge in [-0.15, -0.1) is 0 Å². The predicted molar refractivity (Wildman–Crippen MR) is 167 cm³/mol. The largest absolute Gasteiger partial charge is 0.507 e. The quantitative estimate of drug-likeness (QED) is 0.133. The van der Waals surface area contributed by atoms with E-state index in [4.69, 9.17) is 19.2 Å². The smallest absolute Gasteiger partial charge is 0.301 e. The number of anilines is 1. The van der Waals surface area contributed by atoms with Gasteiger partial charge in [-0.05, 0) is 85.3 Å². The number of Topliss-reactive ketones (excluding diaryl/α,β-unsaturated/α-hetero) is 1. The molecule has 4 aromatic rings. The fourth-order valence-corrected chi connectivity index (χ4v) is 6.66. The summed E-state index contributed by atoms with van der Waals surface area (Å²) >= 11 is 1.33. The number of carbonyl (C=O) groups is 2. The summed E-state index contributed by atoms with van der Waals surface area (Å²) in [6.07, 6.45) is 1.59. The van der Waals surface area contributed by atoms with Crippen LogP contribution in [0.25, 0.3) is 16.0 Å². The molecule has 0 aliphatic carbocycles. The Labute approximate surface area is 254 Å². The molecule has 9 heteroatoms. The summed E-state index contributed by atoms with van der Waals surface area (Å²) in [5.41, 5.74) is 3.75. The van der Waals surface area contributed by atoms with Crippen molar-refractivity contribution in [1.29, 1.82) is 0 Å². The third kappa shape index (κ3) is 5.33. The number of aryl methyl sites for hydroxylation is 1. The molecular formula is C34H34N2O6S. The number of amides is 1. The van der Waals surface area contributed by atoms with Crippen LogP contribution in [-0.2, 0) is 16.0 Å². The van der Waals surface area contributed by atoms with E-state index in [2.05, 4.69) is 13.8 Å². The first-order valence-corrected chi connectivity index (χ1v) is 15.2. The number of aliphatic hydroxyl groups excluding tert-OH is 1. The molecule has 0 radical (unpaired) electrons. The van der Waals surface area contributed by atoms with E-state index in [-0.39, 0.29) is 17.4 Å². The normalized spacial score (nSPS) is 19.3. The van der Waals surface area contributed by atoms with Crippen molar-refractivity contribution in [3.8, 4) is 17.2 Å². The fourth-order valence-electron chi connectivity index (χ4n) is 5.57. The van der Waals surface area contributed by atoms with Gasteiger partial charge in [0.15, 0.2) is 16.6 Å². The number of ether oxygens (including phenoxy) is 3. The number of aliphatic hydroxyl groups is 1. The summed E-state index contributed by atoms with van der Waals surface area (Å²) in [5.74, 6) is 0.486.